The molecular weight excluding hydrogens is 433 g/mol. The minimum Gasteiger partial charge on any atom is -0.373 e. The van der Waals surface area contributed by atoms with Crippen LogP contribution in [0.4, 0.5) is 4.39 Å². The Balaban J connectivity index is 1.60. The highest BCUT2D eigenvalue weighted by molar-refractivity contribution is 9.10. The molecule has 29 heavy (non-hydrogen) atoms. The lowest BCUT2D eigenvalue weighted by molar-refractivity contribution is 0.00694. The summed E-state index contributed by atoms with van der Waals surface area (Å²) in [4.78, 5) is 11.3. The number of nitrogens with zero attached hydrogens (tertiary/aromatic N) is 3. The Morgan fingerprint density at radius 3 is 2.55 bits per heavy atom. The van der Waals surface area contributed by atoms with Gasteiger partial charge in [-0.3, -0.25) is 9.97 Å². The van der Waals surface area contributed by atoms with E-state index in [1.165, 1.54) is 0 Å². The minimum absolute atomic E-state index is 0.109. The van der Waals surface area contributed by atoms with Crippen LogP contribution in [0.5, 0.6) is 0 Å². The number of fused-ring (bicyclic) bond motifs is 1. The molecule has 0 amide bonds. The van der Waals surface area contributed by atoms with Gasteiger partial charge in [-0.25, -0.2) is 4.39 Å². The van der Waals surface area contributed by atoms with E-state index in [-0.39, 0.29) is 17.3 Å². The van der Waals surface area contributed by atoms with Gasteiger partial charge in [0.1, 0.15) is 5.82 Å². The van der Waals surface area contributed by atoms with Crippen LogP contribution in [0.25, 0.3) is 11.0 Å². The second kappa shape index (κ2) is 8.46. The summed E-state index contributed by atoms with van der Waals surface area (Å²) in [6.07, 6.45) is 5.25. The van der Waals surface area contributed by atoms with Gasteiger partial charge in [0, 0.05) is 27.8 Å². The second-order valence-electron chi connectivity index (χ2n) is 7.96. The molecule has 6 heteroatoms. The molecule has 0 aliphatic carbocycles. The van der Waals surface area contributed by atoms with Gasteiger partial charge in [0.15, 0.2) is 0 Å². The lowest BCUT2D eigenvalue weighted by Gasteiger charge is -2.41. The Labute approximate surface area is 179 Å². The molecule has 0 spiro atoms. The van der Waals surface area contributed by atoms with Gasteiger partial charge < -0.3 is 9.64 Å². The van der Waals surface area contributed by atoms with Crippen LogP contribution in [0.2, 0.25) is 0 Å². The zero-order valence-corrected chi connectivity index (χ0v) is 18.3. The molecule has 1 aromatic heterocycles. The fourth-order valence-electron chi connectivity index (χ4n) is 4.12. The van der Waals surface area contributed by atoms with Gasteiger partial charge >= 0.3 is 0 Å². The van der Waals surface area contributed by atoms with E-state index in [0.717, 1.165) is 52.6 Å². The molecule has 1 atom stereocenters. The number of halogens is 2. The highest BCUT2D eigenvalue weighted by atomic mass is 79.9. The van der Waals surface area contributed by atoms with Crippen molar-refractivity contribution >= 4 is 27.0 Å². The highest BCUT2D eigenvalue weighted by Gasteiger charge is 2.36. The first-order valence-electron chi connectivity index (χ1n) is 9.93. The summed E-state index contributed by atoms with van der Waals surface area (Å²) in [5.41, 5.74) is 3.77. The molecule has 0 bridgehead atoms. The second-order valence-corrected chi connectivity index (χ2v) is 8.88. The maximum absolute atomic E-state index is 13.5. The maximum atomic E-state index is 13.5. The number of rotatable bonds is 5. The SMILES string of the molecule is CC(OCC1(c2ccc(F)cc2)CCN(C)CC1)c1cc(Br)cc2nccnc12. The van der Waals surface area contributed by atoms with Crippen molar-refractivity contribution in [3.8, 4) is 0 Å². The van der Waals surface area contributed by atoms with Gasteiger partial charge in [0.25, 0.3) is 0 Å². The lowest BCUT2D eigenvalue weighted by atomic mass is 9.73. The molecule has 0 saturated carbocycles. The van der Waals surface area contributed by atoms with Crippen LogP contribution in [0.15, 0.2) is 53.3 Å². The third-order valence-corrected chi connectivity index (χ3v) is 6.47. The van der Waals surface area contributed by atoms with E-state index in [0.29, 0.717) is 6.61 Å². The van der Waals surface area contributed by atoms with E-state index in [9.17, 15) is 4.39 Å². The van der Waals surface area contributed by atoms with Gasteiger partial charge in [-0.2, -0.15) is 0 Å². The Morgan fingerprint density at radius 1 is 1.14 bits per heavy atom. The van der Waals surface area contributed by atoms with Crippen molar-refractivity contribution in [3.63, 3.8) is 0 Å². The van der Waals surface area contributed by atoms with E-state index < -0.39 is 0 Å². The molecule has 4 nitrogen and oxygen atoms in total. The first-order valence-corrected chi connectivity index (χ1v) is 10.7. The fraction of sp³-hybridized carbons (Fsp3) is 0.391. The first kappa shape index (κ1) is 20.4. The molecule has 4 rings (SSSR count). The quantitative estimate of drug-likeness (QED) is 0.522. The Hall–Kier alpha value is -1.89. The standard InChI is InChI=1S/C23H25BrFN3O/c1-16(20-13-18(24)14-21-22(20)27-10-9-26-21)29-15-23(7-11-28(2)12-8-23)17-3-5-19(25)6-4-17/h3-6,9-10,13-14,16H,7-8,11-12,15H2,1-2H3. The first-order chi connectivity index (χ1) is 14.0. The van der Waals surface area contributed by atoms with Crippen molar-refractivity contribution in [1.82, 2.24) is 14.9 Å². The summed E-state index contributed by atoms with van der Waals surface area (Å²) in [7, 11) is 2.14. The van der Waals surface area contributed by atoms with Gasteiger partial charge in [0.2, 0.25) is 0 Å². The van der Waals surface area contributed by atoms with E-state index in [1.807, 2.05) is 18.2 Å². The average molecular weight is 458 g/mol. The third-order valence-electron chi connectivity index (χ3n) is 6.02. The van der Waals surface area contributed by atoms with Gasteiger partial charge in [-0.05, 0) is 69.7 Å². The lowest BCUT2D eigenvalue weighted by Crippen LogP contribution is -2.44. The molecular formula is C23H25BrFN3O. The summed E-state index contributed by atoms with van der Waals surface area (Å²) >= 11 is 3.58. The van der Waals surface area contributed by atoms with Crippen molar-refractivity contribution in [2.45, 2.75) is 31.3 Å². The van der Waals surface area contributed by atoms with Gasteiger partial charge in [-0.1, -0.05) is 28.1 Å². The van der Waals surface area contributed by atoms with Crippen LogP contribution in [-0.4, -0.2) is 41.6 Å². The minimum atomic E-state index is -0.203. The molecule has 152 valence electrons. The maximum Gasteiger partial charge on any atom is 0.123 e. The Kier molecular flexibility index (Phi) is 5.95. The molecule has 1 saturated heterocycles. The van der Waals surface area contributed by atoms with Crippen LogP contribution in [0.3, 0.4) is 0 Å². The summed E-state index contributed by atoms with van der Waals surface area (Å²) in [6, 6.07) is 11.0. The van der Waals surface area contributed by atoms with Crippen molar-refractivity contribution in [3.05, 3.63) is 70.2 Å². The third kappa shape index (κ3) is 4.34. The molecule has 2 aromatic carbocycles. The summed E-state index contributed by atoms with van der Waals surface area (Å²) in [5, 5.41) is 0. The Bertz CT molecular complexity index is 987. The zero-order chi connectivity index (χ0) is 20.4. The normalized spacial score (nSPS) is 18.1. The van der Waals surface area contributed by atoms with Gasteiger partial charge in [-0.15, -0.1) is 0 Å². The summed E-state index contributed by atoms with van der Waals surface area (Å²) < 4.78 is 20.9. The molecule has 0 radical (unpaired) electrons. The average Bonchev–Trinajstić information content (AvgIpc) is 2.73. The topological polar surface area (TPSA) is 38.2 Å². The van der Waals surface area contributed by atoms with Crippen LogP contribution in [0.1, 0.15) is 37.0 Å². The van der Waals surface area contributed by atoms with E-state index in [4.69, 9.17) is 4.74 Å². The molecule has 1 fully saturated rings. The predicted octanol–water partition coefficient (Wildman–Crippen LogP) is 5.27. The van der Waals surface area contributed by atoms with Crippen molar-refractivity contribution in [1.29, 1.82) is 0 Å². The van der Waals surface area contributed by atoms with E-state index in [1.54, 1.807) is 24.5 Å². The van der Waals surface area contributed by atoms with Crippen LogP contribution >= 0.6 is 15.9 Å². The number of hydrogen-bond acceptors (Lipinski definition) is 4. The molecule has 0 N–H and O–H groups in total. The van der Waals surface area contributed by atoms with E-state index in [2.05, 4.69) is 50.8 Å². The molecule has 3 aromatic rings. The van der Waals surface area contributed by atoms with Crippen molar-refractivity contribution < 1.29 is 9.13 Å². The number of hydrogen-bond donors (Lipinski definition) is 0. The van der Waals surface area contributed by atoms with Crippen molar-refractivity contribution in [2.75, 3.05) is 26.7 Å². The zero-order valence-electron chi connectivity index (χ0n) is 16.7. The van der Waals surface area contributed by atoms with Crippen LogP contribution in [0, 0.1) is 5.82 Å². The Morgan fingerprint density at radius 2 is 1.83 bits per heavy atom. The monoisotopic (exact) mass is 457 g/mol. The largest absolute Gasteiger partial charge is 0.373 e. The molecule has 1 aliphatic heterocycles. The van der Waals surface area contributed by atoms with Crippen LogP contribution < -0.4 is 0 Å². The number of likely N-dealkylation sites (tertiary alicyclic amines) is 1. The number of aromatic nitrogens is 2. The van der Waals surface area contributed by atoms with Gasteiger partial charge in [0.05, 0.1) is 23.7 Å². The summed E-state index contributed by atoms with van der Waals surface area (Å²) in [5.74, 6) is -0.203. The molecule has 1 unspecified atom stereocenters. The van der Waals surface area contributed by atoms with Crippen LogP contribution in [-0.2, 0) is 10.2 Å². The fourth-order valence-corrected chi connectivity index (χ4v) is 4.58. The number of ether oxygens (including phenoxy) is 1. The highest BCUT2D eigenvalue weighted by Crippen LogP contribution is 2.38. The van der Waals surface area contributed by atoms with E-state index >= 15 is 0 Å². The predicted molar refractivity (Wildman–Crippen MR) is 116 cm³/mol. The smallest absolute Gasteiger partial charge is 0.123 e. The number of benzene rings is 2. The molecule has 1 aliphatic rings. The number of piperidine rings is 1. The molecule has 2 heterocycles. The summed E-state index contributed by atoms with van der Waals surface area (Å²) in [6.45, 7) is 4.64. The van der Waals surface area contributed by atoms with Crippen molar-refractivity contribution in [2.24, 2.45) is 0 Å².